The highest BCUT2D eigenvalue weighted by Gasteiger charge is 2.30. The molecule has 0 radical (unpaired) electrons. The maximum absolute atomic E-state index is 13.5. The van der Waals surface area contributed by atoms with Crippen LogP contribution in [-0.2, 0) is 43.8 Å². The second-order valence-corrected chi connectivity index (χ2v) is 14.7. The molecule has 15 heteroatoms. The lowest BCUT2D eigenvalue weighted by molar-refractivity contribution is -0.134. The van der Waals surface area contributed by atoms with E-state index in [1.807, 2.05) is 13.8 Å². The van der Waals surface area contributed by atoms with E-state index in [1.165, 1.54) is 34.1 Å². The number of ether oxygens (including phenoxy) is 3. The van der Waals surface area contributed by atoms with Crippen molar-refractivity contribution < 1.29 is 40.6 Å². The molecule has 2 atom stereocenters. The number of carbonyl (C=O) groups excluding carboxylic acids is 2. The topological polar surface area (TPSA) is 161 Å². The van der Waals surface area contributed by atoms with Crippen LogP contribution in [0.15, 0.2) is 58.3 Å². The van der Waals surface area contributed by atoms with Crippen molar-refractivity contribution in [3.8, 4) is 0 Å². The van der Waals surface area contributed by atoms with E-state index in [4.69, 9.17) is 14.2 Å². The van der Waals surface area contributed by atoms with Crippen molar-refractivity contribution in [2.24, 2.45) is 0 Å². The van der Waals surface area contributed by atoms with Gasteiger partial charge in [0.1, 0.15) is 12.1 Å². The summed E-state index contributed by atoms with van der Waals surface area (Å²) in [6, 6.07) is 10.8. The number of amides is 2. The number of carbonyl (C=O) groups is 2. The van der Waals surface area contributed by atoms with E-state index in [-0.39, 0.29) is 88.5 Å². The fraction of sp³-hybridized carbons (Fsp3) is 0.562. The molecule has 0 bridgehead atoms. The van der Waals surface area contributed by atoms with Crippen molar-refractivity contribution in [2.75, 3.05) is 65.8 Å². The number of nitrogens with zero attached hydrogens (tertiary/aromatic N) is 2. The predicted octanol–water partition coefficient (Wildman–Crippen LogP) is 1.84. The van der Waals surface area contributed by atoms with Crippen LogP contribution in [0.2, 0.25) is 0 Å². The molecule has 2 N–H and O–H groups in total. The normalized spacial score (nSPS) is 17.7. The highest BCUT2D eigenvalue weighted by atomic mass is 32.2. The number of sulfonamides is 2. The average Bonchev–Trinajstić information content (AvgIpc) is 3.05. The minimum Gasteiger partial charge on any atom is -0.378 e. The van der Waals surface area contributed by atoms with Crippen molar-refractivity contribution in [1.29, 1.82) is 0 Å². The van der Waals surface area contributed by atoms with Crippen LogP contribution >= 0.6 is 0 Å². The first-order valence-corrected chi connectivity index (χ1v) is 18.8. The summed E-state index contributed by atoms with van der Waals surface area (Å²) in [6.07, 6.45) is 0.471. The molecular weight excluding hydrogens is 649 g/mol. The summed E-state index contributed by atoms with van der Waals surface area (Å²) < 4.78 is 74.3. The molecule has 1 heterocycles. The summed E-state index contributed by atoms with van der Waals surface area (Å²) >= 11 is 0. The van der Waals surface area contributed by atoms with Crippen LogP contribution < -0.4 is 9.44 Å². The third kappa shape index (κ3) is 11.9. The van der Waals surface area contributed by atoms with Crippen molar-refractivity contribution >= 4 is 31.9 Å². The summed E-state index contributed by atoms with van der Waals surface area (Å²) in [5.41, 5.74) is 1.83. The molecular formula is C32H48N4O9S2. The van der Waals surface area contributed by atoms with Crippen molar-refractivity contribution in [3.05, 3.63) is 59.7 Å². The molecule has 1 aliphatic heterocycles. The summed E-state index contributed by atoms with van der Waals surface area (Å²) in [5, 5.41) is 0. The van der Waals surface area contributed by atoms with Gasteiger partial charge < -0.3 is 24.0 Å². The van der Waals surface area contributed by atoms with Gasteiger partial charge in [0.2, 0.25) is 31.9 Å². The van der Waals surface area contributed by atoms with Gasteiger partial charge in [0.15, 0.2) is 0 Å². The number of nitrogens with one attached hydrogen (secondary N) is 2. The highest BCUT2D eigenvalue weighted by Crippen LogP contribution is 2.14. The third-order valence-electron chi connectivity index (χ3n) is 7.69. The number of rotatable bonds is 10. The van der Waals surface area contributed by atoms with Crippen LogP contribution in [0.3, 0.4) is 0 Å². The number of benzene rings is 2. The van der Waals surface area contributed by atoms with Gasteiger partial charge in [-0.2, -0.15) is 9.44 Å². The Labute approximate surface area is 279 Å². The maximum Gasteiger partial charge on any atom is 0.241 e. The highest BCUT2D eigenvalue weighted by molar-refractivity contribution is 7.89. The molecule has 262 valence electrons. The van der Waals surface area contributed by atoms with Gasteiger partial charge in [0, 0.05) is 26.2 Å². The molecule has 3 rings (SSSR count). The SMILES string of the molecule is CC[C@H](NS(=O)(=O)c1ccc(C)cc1)C(=O)N1CCOCCOCCN(C(=O)[C@@H](CC)NS(=O)(=O)c2ccc(C)cc2)CCOCC1. The van der Waals surface area contributed by atoms with Crippen LogP contribution in [0.25, 0.3) is 0 Å². The zero-order chi connectivity index (χ0) is 34.5. The van der Waals surface area contributed by atoms with Crippen molar-refractivity contribution in [2.45, 2.75) is 62.4 Å². The Balaban J connectivity index is 1.64. The molecule has 2 aromatic rings. The predicted molar refractivity (Wildman–Crippen MR) is 177 cm³/mol. The molecule has 1 fully saturated rings. The molecule has 0 saturated carbocycles. The lowest BCUT2D eigenvalue weighted by Gasteiger charge is -2.28. The van der Waals surface area contributed by atoms with Gasteiger partial charge in [-0.25, -0.2) is 16.8 Å². The lowest BCUT2D eigenvalue weighted by Crippen LogP contribution is -2.50. The summed E-state index contributed by atoms with van der Waals surface area (Å²) in [4.78, 5) is 30.2. The van der Waals surface area contributed by atoms with Gasteiger partial charge in [0.25, 0.3) is 0 Å². The van der Waals surface area contributed by atoms with Gasteiger partial charge in [-0.05, 0) is 51.0 Å². The molecule has 0 unspecified atom stereocenters. The molecule has 1 saturated heterocycles. The first kappa shape index (κ1) is 38.5. The molecule has 0 spiro atoms. The largest absolute Gasteiger partial charge is 0.378 e. The van der Waals surface area contributed by atoms with Gasteiger partial charge in [-0.1, -0.05) is 49.2 Å². The van der Waals surface area contributed by atoms with Crippen LogP contribution in [-0.4, -0.2) is 116 Å². The fourth-order valence-electron chi connectivity index (χ4n) is 4.79. The third-order valence-corrected chi connectivity index (χ3v) is 10.7. The summed E-state index contributed by atoms with van der Waals surface area (Å²) in [7, 11) is -7.87. The summed E-state index contributed by atoms with van der Waals surface area (Å²) in [5.74, 6) is -0.807. The Morgan fingerprint density at radius 2 is 0.894 bits per heavy atom. The molecule has 13 nitrogen and oxygen atoms in total. The van der Waals surface area contributed by atoms with E-state index in [0.29, 0.717) is 0 Å². The summed E-state index contributed by atoms with van der Waals surface area (Å²) in [6.45, 7) is 9.12. The standard InChI is InChI=1S/C32H48N4O9S2/c1-5-29(33-46(39,40)27-11-7-25(3)8-12-27)31(37)35-15-19-43-20-16-36(18-22-45-24-23-44-21-17-35)32(38)30(6-2)34-47(41,42)28-13-9-26(4)10-14-28/h7-14,29-30,33-34H,5-6,15-24H2,1-4H3/t29-,30+. The van der Waals surface area contributed by atoms with E-state index in [0.717, 1.165) is 11.1 Å². The Hall–Kier alpha value is -2.92. The Morgan fingerprint density at radius 1 is 0.596 bits per heavy atom. The molecule has 1 aliphatic rings. The van der Waals surface area contributed by atoms with E-state index < -0.39 is 43.9 Å². The second-order valence-electron chi connectivity index (χ2n) is 11.3. The van der Waals surface area contributed by atoms with Gasteiger partial charge in [0.05, 0.1) is 49.4 Å². The smallest absolute Gasteiger partial charge is 0.241 e. The van der Waals surface area contributed by atoms with E-state index in [1.54, 1.807) is 38.1 Å². The number of aryl methyl sites for hydroxylation is 2. The van der Waals surface area contributed by atoms with Gasteiger partial charge in [-0.15, -0.1) is 0 Å². The van der Waals surface area contributed by atoms with Crippen molar-refractivity contribution in [3.63, 3.8) is 0 Å². The zero-order valence-electron chi connectivity index (χ0n) is 27.6. The number of hydrogen-bond acceptors (Lipinski definition) is 9. The van der Waals surface area contributed by atoms with Crippen LogP contribution in [0.5, 0.6) is 0 Å². The maximum atomic E-state index is 13.5. The number of hydrogen-bond donors (Lipinski definition) is 2. The molecule has 47 heavy (non-hydrogen) atoms. The zero-order valence-corrected chi connectivity index (χ0v) is 29.3. The molecule has 0 aromatic heterocycles. The molecule has 2 aromatic carbocycles. The van der Waals surface area contributed by atoms with Crippen LogP contribution in [0.4, 0.5) is 0 Å². The Kier molecular flexibility index (Phi) is 15.2. The molecule has 2 amide bonds. The Morgan fingerprint density at radius 3 is 1.19 bits per heavy atom. The van der Waals surface area contributed by atoms with Crippen LogP contribution in [0, 0.1) is 13.8 Å². The first-order chi connectivity index (χ1) is 22.4. The monoisotopic (exact) mass is 696 g/mol. The average molecular weight is 697 g/mol. The van der Waals surface area contributed by atoms with Gasteiger partial charge >= 0.3 is 0 Å². The minimum atomic E-state index is -3.93. The minimum absolute atomic E-state index is 0.0745. The van der Waals surface area contributed by atoms with E-state index >= 15 is 0 Å². The lowest BCUT2D eigenvalue weighted by atomic mass is 10.2. The first-order valence-electron chi connectivity index (χ1n) is 15.9. The van der Waals surface area contributed by atoms with E-state index in [2.05, 4.69) is 9.44 Å². The van der Waals surface area contributed by atoms with Crippen LogP contribution in [0.1, 0.15) is 37.8 Å². The fourth-order valence-corrected chi connectivity index (χ4v) is 7.34. The van der Waals surface area contributed by atoms with Gasteiger partial charge in [-0.3, -0.25) is 9.59 Å². The van der Waals surface area contributed by atoms with E-state index in [9.17, 15) is 26.4 Å². The molecule has 0 aliphatic carbocycles. The van der Waals surface area contributed by atoms with Crippen molar-refractivity contribution in [1.82, 2.24) is 19.2 Å². The quantitative estimate of drug-likeness (QED) is 0.378. The Bertz CT molecular complexity index is 1390. The second kappa shape index (κ2) is 18.6.